The highest BCUT2D eigenvalue weighted by molar-refractivity contribution is 6.07. The molecule has 146 valence electrons. The summed E-state index contributed by atoms with van der Waals surface area (Å²) in [4.78, 5) is 17.2. The summed E-state index contributed by atoms with van der Waals surface area (Å²) in [6, 6.07) is 17.5. The van der Waals surface area contributed by atoms with E-state index in [0.717, 1.165) is 40.6 Å². The summed E-state index contributed by atoms with van der Waals surface area (Å²) in [5.74, 6) is 1.38. The van der Waals surface area contributed by atoms with Crippen LogP contribution in [0.1, 0.15) is 48.7 Å². The van der Waals surface area contributed by atoms with E-state index >= 15 is 0 Å². The molecule has 1 aliphatic heterocycles. The molecule has 1 amide bonds. The van der Waals surface area contributed by atoms with E-state index in [0.29, 0.717) is 17.6 Å². The number of aromatic nitrogens is 1. The molecule has 0 saturated heterocycles. The zero-order valence-electron chi connectivity index (χ0n) is 16.3. The summed E-state index contributed by atoms with van der Waals surface area (Å²) < 4.78 is 11.7. The van der Waals surface area contributed by atoms with Gasteiger partial charge in [-0.1, -0.05) is 30.3 Å². The summed E-state index contributed by atoms with van der Waals surface area (Å²) >= 11 is 0. The van der Waals surface area contributed by atoms with Crippen molar-refractivity contribution in [1.82, 2.24) is 9.99 Å². The first-order chi connectivity index (χ1) is 14.2. The zero-order valence-corrected chi connectivity index (χ0v) is 16.3. The number of para-hydroxylation sites is 2. The number of amides is 1. The Balaban J connectivity index is 1.62. The molecule has 3 aromatic rings. The minimum atomic E-state index is -0.671. The average Bonchev–Trinajstić information content (AvgIpc) is 3.51. The molecule has 1 aliphatic carbocycles. The predicted octanol–water partition coefficient (Wildman–Crippen LogP) is 4.36. The van der Waals surface area contributed by atoms with Gasteiger partial charge in [0, 0.05) is 29.5 Å². The lowest BCUT2D eigenvalue weighted by Gasteiger charge is -2.21. The van der Waals surface area contributed by atoms with Gasteiger partial charge in [0.1, 0.15) is 5.75 Å². The molecule has 0 radical (unpaired) electrons. The van der Waals surface area contributed by atoms with Gasteiger partial charge in [-0.05, 0) is 37.1 Å². The minimum absolute atomic E-state index is 0.198. The number of hydrazone groups is 1. The van der Waals surface area contributed by atoms with Crippen molar-refractivity contribution in [3.63, 3.8) is 0 Å². The van der Waals surface area contributed by atoms with Crippen LogP contribution >= 0.6 is 0 Å². The molecular formula is C23H21N3O3. The molecule has 1 saturated carbocycles. The van der Waals surface area contributed by atoms with Crippen LogP contribution in [0.4, 0.5) is 0 Å². The van der Waals surface area contributed by atoms with Crippen molar-refractivity contribution in [2.75, 3.05) is 7.11 Å². The van der Waals surface area contributed by atoms with Crippen LogP contribution in [0.3, 0.4) is 0 Å². The number of methoxy groups -OCH3 is 1. The first-order valence-corrected chi connectivity index (χ1v) is 9.73. The Labute approximate surface area is 168 Å². The maximum atomic E-state index is 12.3. The molecule has 2 heterocycles. The van der Waals surface area contributed by atoms with Crippen LogP contribution in [0.15, 0.2) is 59.7 Å². The number of benzene rings is 2. The molecular weight excluding hydrogens is 366 g/mol. The first kappa shape index (κ1) is 17.7. The molecule has 1 fully saturated rings. The van der Waals surface area contributed by atoms with E-state index in [1.54, 1.807) is 7.11 Å². The van der Waals surface area contributed by atoms with E-state index in [1.165, 1.54) is 11.9 Å². The van der Waals surface area contributed by atoms with Crippen LogP contribution in [-0.2, 0) is 9.53 Å². The van der Waals surface area contributed by atoms with E-state index < -0.39 is 6.23 Å². The van der Waals surface area contributed by atoms with Gasteiger partial charge in [-0.25, -0.2) is 0 Å². The van der Waals surface area contributed by atoms with E-state index in [9.17, 15) is 4.79 Å². The molecule has 2 aliphatic rings. The van der Waals surface area contributed by atoms with Crippen LogP contribution in [0.5, 0.6) is 5.75 Å². The van der Waals surface area contributed by atoms with Gasteiger partial charge >= 0.3 is 0 Å². The number of carbonyl (C=O) groups is 1. The largest absolute Gasteiger partial charge is 0.496 e. The molecule has 1 aromatic heterocycles. The van der Waals surface area contributed by atoms with Gasteiger partial charge in [0.2, 0.25) is 18.0 Å². The lowest BCUT2D eigenvalue weighted by atomic mass is 10.1. The second kappa shape index (κ2) is 6.88. The second-order valence-corrected chi connectivity index (χ2v) is 7.37. The van der Waals surface area contributed by atoms with Gasteiger partial charge < -0.3 is 9.47 Å². The molecule has 1 unspecified atom stereocenters. The number of fused-ring (bicyclic) bond motifs is 1. The van der Waals surface area contributed by atoms with Crippen LogP contribution in [-0.4, -0.2) is 28.9 Å². The topological polar surface area (TPSA) is 64.0 Å². The van der Waals surface area contributed by atoms with Crippen LogP contribution in [0.2, 0.25) is 0 Å². The van der Waals surface area contributed by atoms with Crippen molar-refractivity contribution >= 4 is 22.7 Å². The van der Waals surface area contributed by atoms with Crippen LogP contribution < -0.4 is 4.74 Å². The number of carbonyl (C=O) groups excluding carboxylic acids is 1. The zero-order chi connectivity index (χ0) is 20.0. The Morgan fingerprint density at radius 3 is 2.66 bits per heavy atom. The quantitative estimate of drug-likeness (QED) is 0.667. The smallest absolute Gasteiger partial charge is 0.243 e. The normalized spacial score (nSPS) is 18.5. The van der Waals surface area contributed by atoms with Gasteiger partial charge in [0.15, 0.2) is 0 Å². The number of ether oxygens (including phenoxy) is 2. The molecule has 0 N–H and O–H groups in total. The summed E-state index contributed by atoms with van der Waals surface area (Å²) in [5.41, 5.74) is 3.58. The van der Waals surface area contributed by atoms with Crippen LogP contribution in [0.25, 0.3) is 10.9 Å². The third-order valence-corrected chi connectivity index (χ3v) is 5.33. The third kappa shape index (κ3) is 3.10. The number of rotatable bonds is 4. The third-order valence-electron chi connectivity index (χ3n) is 5.33. The fraction of sp³-hybridized carbons (Fsp3) is 0.261. The van der Waals surface area contributed by atoms with Gasteiger partial charge in [0.05, 0.1) is 18.2 Å². The molecule has 6 nitrogen and oxygen atoms in total. The number of hydrogen-bond donors (Lipinski definition) is 0. The Bertz CT molecular complexity index is 1140. The number of nitrogens with zero attached hydrogens (tertiary/aromatic N) is 3. The average molecular weight is 387 g/mol. The van der Waals surface area contributed by atoms with Gasteiger partial charge in [-0.3, -0.25) is 9.78 Å². The molecule has 1 atom stereocenters. The number of hydrogen-bond acceptors (Lipinski definition) is 5. The second-order valence-electron chi connectivity index (χ2n) is 7.37. The lowest BCUT2D eigenvalue weighted by molar-refractivity contribution is -0.135. The molecule has 2 aromatic carbocycles. The summed E-state index contributed by atoms with van der Waals surface area (Å²) in [6.07, 6.45) is 1.64. The first-order valence-electron chi connectivity index (χ1n) is 9.73. The number of pyridine rings is 1. The van der Waals surface area contributed by atoms with E-state index in [2.05, 4.69) is 11.2 Å². The maximum Gasteiger partial charge on any atom is 0.243 e. The van der Waals surface area contributed by atoms with E-state index in [1.807, 2.05) is 48.5 Å². The van der Waals surface area contributed by atoms with Crippen molar-refractivity contribution in [2.24, 2.45) is 5.10 Å². The Morgan fingerprint density at radius 1 is 1.14 bits per heavy atom. The predicted molar refractivity (Wildman–Crippen MR) is 110 cm³/mol. The van der Waals surface area contributed by atoms with Gasteiger partial charge in [-0.2, -0.15) is 5.01 Å². The van der Waals surface area contributed by atoms with Crippen molar-refractivity contribution in [1.29, 1.82) is 0 Å². The van der Waals surface area contributed by atoms with Gasteiger partial charge in [0.25, 0.3) is 0 Å². The van der Waals surface area contributed by atoms with Crippen molar-refractivity contribution in [2.45, 2.75) is 31.9 Å². The Hall–Kier alpha value is -3.41. The fourth-order valence-electron chi connectivity index (χ4n) is 3.71. The van der Waals surface area contributed by atoms with Crippen molar-refractivity contribution in [3.05, 3.63) is 71.4 Å². The highest BCUT2D eigenvalue weighted by Crippen LogP contribution is 2.41. The van der Waals surface area contributed by atoms with Gasteiger partial charge in [-0.15, -0.1) is 5.10 Å². The summed E-state index contributed by atoms with van der Waals surface area (Å²) in [5, 5.41) is 6.89. The summed E-state index contributed by atoms with van der Waals surface area (Å²) in [6.45, 7) is 1.48. The molecule has 6 heteroatoms. The molecule has 5 rings (SSSR count). The highest BCUT2D eigenvalue weighted by atomic mass is 16.5. The fourth-order valence-corrected chi connectivity index (χ4v) is 3.71. The summed E-state index contributed by atoms with van der Waals surface area (Å²) in [7, 11) is 1.60. The molecule has 0 bridgehead atoms. The monoisotopic (exact) mass is 387 g/mol. The van der Waals surface area contributed by atoms with Crippen molar-refractivity contribution in [3.8, 4) is 5.75 Å². The highest BCUT2D eigenvalue weighted by Gasteiger charge is 2.36. The van der Waals surface area contributed by atoms with Crippen LogP contribution in [0, 0.1) is 0 Å². The van der Waals surface area contributed by atoms with E-state index in [-0.39, 0.29) is 5.91 Å². The maximum absolute atomic E-state index is 12.3. The van der Waals surface area contributed by atoms with Crippen molar-refractivity contribution < 1.29 is 14.3 Å². The van der Waals surface area contributed by atoms with E-state index in [4.69, 9.17) is 14.5 Å². The molecule has 0 spiro atoms. The SMILES string of the molecule is COc1ccccc1C1OC(c2cc(C3CC3)nc3ccccc23)=NN1C(C)=O. The minimum Gasteiger partial charge on any atom is -0.496 e. The standard InChI is InChI=1S/C23H21N3O3/c1-14(27)26-23(17-8-4-6-10-21(17)28-2)29-22(25-26)18-13-20(15-11-12-15)24-19-9-5-3-7-16(18)19/h3-10,13,15,23H,11-12H2,1-2H3. The molecule has 29 heavy (non-hydrogen) atoms. The Morgan fingerprint density at radius 2 is 1.90 bits per heavy atom. The lowest BCUT2D eigenvalue weighted by Crippen LogP contribution is -2.25. The Kier molecular flexibility index (Phi) is 4.19.